The Bertz CT molecular complexity index is 382. The molecule has 1 amide bonds. The van der Waals surface area contributed by atoms with Crippen LogP contribution in [0, 0.1) is 10.1 Å². The van der Waals surface area contributed by atoms with Gasteiger partial charge in [0, 0.05) is 17.5 Å². The van der Waals surface area contributed by atoms with Gasteiger partial charge < -0.3 is 10.1 Å². The number of hydrogen-bond acceptors (Lipinski definition) is 4. The van der Waals surface area contributed by atoms with E-state index in [2.05, 4.69) is 21.2 Å². The van der Waals surface area contributed by atoms with Crippen LogP contribution in [0.3, 0.4) is 0 Å². The SMILES string of the molecule is O=CNC(CBr)OCc1ccc([N+](=O)[O-])cc1. The van der Waals surface area contributed by atoms with Gasteiger partial charge in [0.15, 0.2) is 0 Å². The number of hydrogen-bond donors (Lipinski definition) is 1. The van der Waals surface area contributed by atoms with E-state index in [4.69, 9.17) is 4.74 Å². The van der Waals surface area contributed by atoms with Crippen molar-refractivity contribution in [3.05, 3.63) is 39.9 Å². The van der Waals surface area contributed by atoms with Crippen LogP contribution in [0.2, 0.25) is 0 Å². The summed E-state index contributed by atoms with van der Waals surface area (Å²) in [6, 6.07) is 6.05. The Morgan fingerprint density at radius 1 is 1.47 bits per heavy atom. The number of nitrogens with zero attached hydrogens (tertiary/aromatic N) is 1. The number of benzene rings is 1. The van der Waals surface area contributed by atoms with Crippen molar-refractivity contribution in [1.29, 1.82) is 0 Å². The molecule has 1 aromatic rings. The van der Waals surface area contributed by atoms with Crippen LogP contribution in [0.1, 0.15) is 5.56 Å². The van der Waals surface area contributed by atoms with E-state index < -0.39 is 11.2 Å². The molecule has 0 fully saturated rings. The highest BCUT2D eigenvalue weighted by atomic mass is 79.9. The van der Waals surface area contributed by atoms with Crippen molar-refractivity contribution >= 4 is 28.0 Å². The number of nitro groups is 1. The van der Waals surface area contributed by atoms with Crippen molar-refractivity contribution in [3.63, 3.8) is 0 Å². The maximum absolute atomic E-state index is 10.4. The smallest absolute Gasteiger partial charge is 0.269 e. The number of non-ortho nitro benzene ring substituents is 1. The molecule has 0 aliphatic carbocycles. The molecule has 0 bridgehead atoms. The van der Waals surface area contributed by atoms with Crippen LogP contribution in [0.4, 0.5) is 5.69 Å². The number of nitro benzene ring substituents is 1. The minimum Gasteiger partial charge on any atom is -0.353 e. The second kappa shape index (κ2) is 6.97. The van der Waals surface area contributed by atoms with Crippen LogP contribution in [0.25, 0.3) is 0 Å². The lowest BCUT2D eigenvalue weighted by molar-refractivity contribution is -0.384. The predicted molar refractivity (Wildman–Crippen MR) is 64.7 cm³/mol. The molecule has 0 aliphatic rings. The van der Waals surface area contributed by atoms with Crippen LogP contribution < -0.4 is 5.32 Å². The molecule has 1 rings (SSSR count). The maximum Gasteiger partial charge on any atom is 0.269 e. The van der Waals surface area contributed by atoms with Crippen molar-refractivity contribution < 1.29 is 14.5 Å². The number of ether oxygens (including phenoxy) is 1. The Labute approximate surface area is 106 Å². The summed E-state index contributed by atoms with van der Waals surface area (Å²) in [4.78, 5) is 20.2. The standard InChI is InChI=1S/C10H11BrN2O4/c11-5-10(12-7-14)17-6-8-1-3-9(4-2-8)13(15)16/h1-4,7,10H,5-6H2,(H,12,14). The predicted octanol–water partition coefficient (Wildman–Crippen LogP) is 1.58. The molecular weight excluding hydrogens is 292 g/mol. The zero-order chi connectivity index (χ0) is 12.7. The zero-order valence-electron chi connectivity index (χ0n) is 8.84. The van der Waals surface area contributed by atoms with Crippen LogP contribution in [0.15, 0.2) is 24.3 Å². The molecule has 1 aromatic carbocycles. The fourth-order valence-corrected chi connectivity index (χ4v) is 1.50. The first kappa shape index (κ1) is 13.6. The van der Waals surface area contributed by atoms with E-state index in [-0.39, 0.29) is 12.3 Å². The second-order valence-corrected chi connectivity index (χ2v) is 3.81. The zero-order valence-corrected chi connectivity index (χ0v) is 10.4. The molecule has 92 valence electrons. The first-order valence-electron chi connectivity index (χ1n) is 4.78. The number of alkyl halides is 1. The maximum atomic E-state index is 10.4. The summed E-state index contributed by atoms with van der Waals surface area (Å²) >= 11 is 3.19. The lowest BCUT2D eigenvalue weighted by Crippen LogP contribution is -2.31. The lowest BCUT2D eigenvalue weighted by Gasteiger charge is -2.13. The number of rotatable bonds is 7. The molecule has 1 N–H and O–H groups in total. The Hall–Kier alpha value is -1.47. The number of nitrogens with one attached hydrogen (secondary N) is 1. The largest absolute Gasteiger partial charge is 0.353 e. The highest BCUT2D eigenvalue weighted by Gasteiger charge is 2.07. The average Bonchev–Trinajstić information content (AvgIpc) is 2.35. The van der Waals surface area contributed by atoms with Gasteiger partial charge in [-0.2, -0.15) is 0 Å². The van der Waals surface area contributed by atoms with Crippen molar-refractivity contribution in [2.45, 2.75) is 12.8 Å². The molecule has 6 nitrogen and oxygen atoms in total. The molecule has 7 heteroatoms. The molecule has 0 saturated carbocycles. The molecule has 0 heterocycles. The Morgan fingerprint density at radius 3 is 2.59 bits per heavy atom. The molecule has 0 aromatic heterocycles. The third kappa shape index (κ3) is 4.49. The molecule has 1 atom stereocenters. The van der Waals surface area contributed by atoms with E-state index in [0.29, 0.717) is 11.7 Å². The lowest BCUT2D eigenvalue weighted by atomic mass is 10.2. The number of amides is 1. The number of carbonyl (C=O) groups excluding carboxylic acids is 1. The third-order valence-corrected chi connectivity index (χ3v) is 2.58. The fraction of sp³-hybridized carbons (Fsp3) is 0.300. The quantitative estimate of drug-likeness (QED) is 0.272. The van der Waals surface area contributed by atoms with Crippen molar-refractivity contribution in [1.82, 2.24) is 5.32 Å². The molecular formula is C10H11BrN2O4. The highest BCUT2D eigenvalue weighted by Crippen LogP contribution is 2.13. The van der Waals surface area contributed by atoms with Crippen molar-refractivity contribution in [2.24, 2.45) is 0 Å². The van der Waals surface area contributed by atoms with Gasteiger partial charge in [0.05, 0.1) is 11.5 Å². The average molecular weight is 303 g/mol. The van der Waals surface area contributed by atoms with Gasteiger partial charge in [-0.25, -0.2) is 0 Å². The first-order chi connectivity index (χ1) is 8.17. The normalized spacial score (nSPS) is 11.8. The van der Waals surface area contributed by atoms with Gasteiger partial charge in [0.25, 0.3) is 5.69 Å². The van der Waals surface area contributed by atoms with Gasteiger partial charge in [0.2, 0.25) is 6.41 Å². The van der Waals surface area contributed by atoms with E-state index in [9.17, 15) is 14.9 Å². The number of halogens is 1. The topological polar surface area (TPSA) is 81.5 Å². The summed E-state index contributed by atoms with van der Waals surface area (Å²) in [6.07, 6.45) is 0.143. The van der Waals surface area contributed by atoms with Gasteiger partial charge in [-0.1, -0.05) is 15.9 Å². The van der Waals surface area contributed by atoms with Gasteiger partial charge in [0.1, 0.15) is 6.23 Å². The number of carbonyl (C=O) groups is 1. The van der Waals surface area contributed by atoms with Crippen LogP contribution in [-0.2, 0) is 16.1 Å². The van der Waals surface area contributed by atoms with Gasteiger partial charge in [-0.05, 0) is 17.7 Å². The molecule has 0 aliphatic heterocycles. The van der Waals surface area contributed by atoms with Gasteiger partial charge in [-0.15, -0.1) is 0 Å². The fourth-order valence-electron chi connectivity index (χ4n) is 1.12. The van der Waals surface area contributed by atoms with E-state index >= 15 is 0 Å². The molecule has 0 spiro atoms. The summed E-state index contributed by atoms with van der Waals surface area (Å²) in [7, 11) is 0. The Balaban J connectivity index is 2.51. The van der Waals surface area contributed by atoms with Crippen molar-refractivity contribution in [3.8, 4) is 0 Å². The van der Waals surface area contributed by atoms with E-state index in [0.717, 1.165) is 5.56 Å². The summed E-state index contributed by atoms with van der Waals surface area (Å²) in [5.74, 6) is 0. The molecule has 17 heavy (non-hydrogen) atoms. The minimum atomic E-state index is -0.458. The van der Waals surface area contributed by atoms with E-state index in [1.165, 1.54) is 12.1 Å². The monoisotopic (exact) mass is 302 g/mol. The van der Waals surface area contributed by atoms with Crippen LogP contribution >= 0.6 is 15.9 Å². The first-order valence-corrected chi connectivity index (χ1v) is 5.90. The summed E-state index contributed by atoms with van der Waals surface area (Å²) in [5, 5.41) is 13.4. The van der Waals surface area contributed by atoms with E-state index in [1.807, 2.05) is 0 Å². The van der Waals surface area contributed by atoms with Crippen LogP contribution in [0.5, 0.6) is 0 Å². The molecule has 0 radical (unpaired) electrons. The third-order valence-electron chi connectivity index (χ3n) is 1.99. The van der Waals surface area contributed by atoms with Crippen molar-refractivity contribution in [2.75, 3.05) is 5.33 Å². The minimum absolute atomic E-state index is 0.0387. The summed E-state index contributed by atoms with van der Waals surface area (Å²) in [6.45, 7) is 0.273. The Kier molecular flexibility index (Phi) is 5.58. The van der Waals surface area contributed by atoms with E-state index in [1.54, 1.807) is 12.1 Å². The summed E-state index contributed by atoms with van der Waals surface area (Å²) in [5.41, 5.74) is 0.839. The Morgan fingerprint density at radius 2 is 2.12 bits per heavy atom. The van der Waals surface area contributed by atoms with Gasteiger partial charge >= 0.3 is 0 Å². The second-order valence-electron chi connectivity index (χ2n) is 3.16. The molecule has 1 unspecified atom stereocenters. The van der Waals surface area contributed by atoms with Crippen LogP contribution in [-0.4, -0.2) is 22.9 Å². The summed E-state index contributed by atoms with van der Waals surface area (Å²) < 4.78 is 5.36. The highest BCUT2D eigenvalue weighted by molar-refractivity contribution is 9.09. The molecule has 0 saturated heterocycles. The van der Waals surface area contributed by atoms with Gasteiger partial charge in [-0.3, -0.25) is 14.9 Å².